The van der Waals surface area contributed by atoms with E-state index < -0.39 is 52.4 Å². The van der Waals surface area contributed by atoms with Crippen molar-refractivity contribution >= 4 is 23.5 Å². The summed E-state index contributed by atoms with van der Waals surface area (Å²) in [6.07, 6.45) is -1.09. The minimum atomic E-state index is -2.66. The highest BCUT2D eigenvalue weighted by Crippen LogP contribution is 2.73. The normalized spacial score (nSPS) is 41.0. The molecule has 176 valence electrons. The molecule has 4 heterocycles. The van der Waals surface area contributed by atoms with E-state index in [4.69, 9.17) is 9.47 Å². The van der Waals surface area contributed by atoms with Gasteiger partial charge in [0.15, 0.2) is 11.7 Å². The highest BCUT2D eigenvalue weighted by atomic mass is 16.7. The van der Waals surface area contributed by atoms with E-state index in [2.05, 4.69) is 0 Å². The van der Waals surface area contributed by atoms with Crippen molar-refractivity contribution in [3.8, 4) is 0 Å². The molecule has 6 rings (SSSR count). The first kappa shape index (κ1) is 21.0. The number of amides is 2. The minimum Gasteiger partial charge on any atom is -0.469 e. The minimum absolute atomic E-state index is 0.122. The summed E-state index contributed by atoms with van der Waals surface area (Å²) in [6, 6.07) is 5.49. The summed E-state index contributed by atoms with van der Waals surface area (Å²) in [7, 11) is 1.30. The van der Waals surface area contributed by atoms with E-state index in [0.29, 0.717) is 24.1 Å². The van der Waals surface area contributed by atoms with E-state index in [0.717, 1.165) is 10.5 Å². The van der Waals surface area contributed by atoms with E-state index in [1.165, 1.54) is 12.0 Å². The molecule has 33 heavy (non-hydrogen) atoms. The molecule has 1 aromatic carbocycles. The Hall–Kier alpha value is -2.53. The molecule has 4 aliphatic heterocycles. The lowest BCUT2D eigenvalue weighted by Gasteiger charge is -2.42. The molecule has 10 nitrogen and oxygen atoms in total. The Morgan fingerprint density at radius 3 is 2.70 bits per heavy atom. The highest BCUT2D eigenvalue weighted by Gasteiger charge is 2.91. The van der Waals surface area contributed by atoms with Crippen molar-refractivity contribution < 1.29 is 39.2 Å². The van der Waals surface area contributed by atoms with Gasteiger partial charge in [-0.2, -0.15) is 0 Å². The van der Waals surface area contributed by atoms with E-state index >= 15 is 0 Å². The molecule has 3 fully saturated rings. The molecule has 2 amide bonds. The van der Waals surface area contributed by atoms with Gasteiger partial charge in [-0.15, -0.1) is 0 Å². The average molecular weight is 458 g/mol. The zero-order valence-electron chi connectivity index (χ0n) is 18.6. The maximum atomic E-state index is 14.1. The van der Waals surface area contributed by atoms with Gasteiger partial charge in [0.05, 0.1) is 18.7 Å². The van der Waals surface area contributed by atoms with Crippen LogP contribution in [0.25, 0.3) is 0 Å². The molecule has 6 atom stereocenters. The number of benzene rings is 1. The lowest BCUT2D eigenvalue weighted by molar-refractivity contribution is -0.310. The van der Waals surface area contributed by atoms with Crippen molar-refractivity contribution in [1.82, 2.24) is 4.90 Å². The van der Waals surface area contributed by atoms with Crippen LogP contribution in [0.1, 0.15) is 37.8 Å². The summed E-state index contributed by atoms with van der Waals surface area (Å²) in [5.41, 5.74) is -2.99. The number of carbonyl (C=O) groups excluding carboxylic acids is 3. The second kappa shape index (κ2) is 5.93. The van der Waals surface area contributed by atoms with Gasteiger partial charge in [-0.05, 0) is 44.2 Å². The SMILES string of the molecule is COC(=O)CCCN1C(=O)[C@]23O[C@]4(O)[C@@H](O)C(=O)N5C(C)(C)[C@H](Cc6cccc1c62)[C@H]3[C@@]54O. The van der Waals surface area contributed by atoms with Gasteiger partial charge in [0.2, 0.25) is 5.72 Å². The number of carbonyl (C=O) groups is 3. The fourth-order valence-corrected chi connectivity index (χ4v) is 7.29. The van der Waals surface area contributed by atoms with Crippen molar-refractivity contribution in [3.05, 3.63) is 29.3 Å². The summed E-state index contributed by atoms with van der Waals surface area (Å²) in [6.45, 7) is 3.76. The number of ether oxygens (including phenoxy) is 2. The molecule has 0 saturated carbocycles. The maximum Gasteiger partial charge on any atom is 0.305 e. The van der Waals surface area contributed by atoms with E-state index in [1.807, 2.05) is 12.1 Å². The third-order valence-electron chi connectivity index (χ3n) is 8.55. The molecular weight excluding hydrogens is 432 g/mol. The zero-order chi connectivity index (χ0) is 23.7. The first-order chi connectivity index (χ1) is 15.5. The van der Waals surface area contributed by atoms with Crippen LogP contribution in [0.2, 0.25) is 0 Å². The number of nitrogens with zero attached hydrogens (tertiary/aromatic N) is 2. The molecule has 3 saturated heterocycles. The molecule has 1 aliphatic carbocycles. The summed E-state index contributed by atoms with van der Waals surface area (Å²) in [5, 5.41) is 34.2. The largest absolute Gasteiger partial charge is 0.469 e. The molecule has 10 heteroatoms. The molecule has 3 N–H and O–H groups in total. The van der Waals surface area contributed by atoms with Gasteiger partial charge in [-0.1, -0.05) is 12.1 Å². The van der Waals surface area contributed by atoms with Crippen molar-refractivity contribution in [3.63, 3.8) is 0 Å². The molecule has 0 radical (unpaired) electrons. The Morgan fingerprint density at radius 2 is 2.00 bits per heavy atom. The topological polar surface area (TPSA) is 137 Å². The predicted molar refractivity (Wildman–Crippen MR) is 110 cm³/mol. The molecule has 0 aromatic heterocycles. The fraction of sp³-hybridized carbons (Fsp3) is 0.609. The van der Waals surface area contributed by atoms with Crippen molar-refractivity contribution in [2.45, 2.75) is 61.9 Å². The third kappa shape index (κ3) is 1.96. The second-order valence-electron chi connectivity index (χ2n) is 10.2. The van der Waals surface area contributed by atoms with Crippen LogP contribution in [0.5, 0.6) is 0 Å². The van der Waals surface area contributed by atoms with Crippen LogP contribution in [-0.2, 0) is 35.9 Å². The molecular formula is C23H26N2O8. The van der Waals surface area contributed by atoms with Gasteiger partial charge in [0.1, 0.15) is 0 Å². The third-order valence-corrected chi connectivity index (χ3v) is 8.55. The number of rotatable bonds is 4. The van der Waals surface area contributed by atoms with Crippen LogP contribution in [0.15, 0.2) is 18.2 Å². The summed E-state index contributed by atoms with van der Waals surface area (Å²) >= 11 is 0. The van der Waals surface area contributed by atoms with Crippen LogP contribution >= 0.6 is 0 Å². The van der Waals surface area contributed by atoms with Gasteiger partial charge in [0, 0.05) is 24.1 Å². The predicted octanol–water partition coefficient (Wildman–Crippen LogP) is -0.627. The van der Waals surface area contributed by atoms with E-state index in [9.17, 15) is 29.7 Å². The quantitative estimate of drug-likeness (QED) is 0.508. The van der Waals surface area contributed by atoms with Gasteiger partial charge < -0.3 is 34.6 Å². The Labute approximate surface area is 189 Å². The Balaban J connectivity index is 1.54. The van der Waals surface area contributed by atoms with Gasteiger partial charge in [-0.3, -0.25) is 14.4 Å². The fourth-order valence-electron chi connectivity index (χ4n) is 7.29. The van der Waals surface area contributed by atoms with Crippen LogP contribution in [-0.4, -0.2) is 74.8 Å². The average Bonchev–Trinajstić information content (AvgIpc) is 3.27. The van der Waals surface area contributed by atoms with Crippen molar-refractivity contribution in [2.24, 2.45) is 11.8 Å². The number of esters is 1. The lowest BCUT2D eigenvalue weighted by atomic mass is 9.62. The number of hydrogen-bond donors (Lipinski definition) is 3. The van der Waals surface area contributed by atoms with E-state index in [1.54, 1.807) is 19.9 Å². The number of anilines is 1. The second-order valence-corrected chi connectivity index (χ2v) is 10.2. The van der Waals surface area contributed by atoms with Crippen molar-refractivity contribution in [2.75, 3.05) is 18.6 Å². The molecule has 5 aliphatic rings. The van der Waals surface area contributed by atoms with Gasteiger partial charge >= 0.3 is 5.97 Å². The molecule has 0 unspecified atom stereocenters. The van der Waals surface area contributed by atoms with Gasteiger partial charge in [0.25, 0.3) is 17.6 Å². The number of aliphatic hydroxyl groups is 3. The monoisotopic (exact) mass is 458 g/mol. The maximum absolute atomic E-state index is 14.1. The number of methoxy groups -OCH3 is 1. The summed E-state index contributed by atoms with van der Waals surface area (Å²) in [4.78, 5) is 41.3. The lowest BCUT2D eigenvalue weighted by Crippen LogP contribution is -2.59. The Bertz CT molecular complexity index is 1140. The standard InChI is InChI=1S/C23H26N2O8/c1-20(2)12-10-11-6-4-7-13-15(11)21(19(29)24(13)9-5-8-14(26)32-3)16(12)22(30)23(31,33-21)17(27)18(28)25(20)22/h4,6-7,12,16-17,27,30-31H,5,8-10H2,1-3H3/t12-,16-,17+,21+,22+,23-/m1/s1. The number of aliphatic hydroxyl groups excluding tert-OH is 1. The van der Waals surface area contributed by atoms with Crippen LogP contribution in [0.3, 0.4) is 0 Å². The van der Waals surface area contributed by atoms with Crippen LogP contribution in [0.4, 0.5) is 5.69 Å². The van der Waals surface area contributed by atoms with Crippen LogP contribution < -0.4 is 4.90 Å². The first-order valence-electron chi connectivity index (χ1n) is 11.2. The molecule has 1 aromatic rings. The highest BCUT2D eigenvalue weighted by molar-refractivity contribution is 6.09. The van der Waals surface area contributed by atoms with Crippen LogP contribution in [0, 0.1) is 11.8 Å². The zero-order valence-corrected chi connectivity index (χ0v) is 18.6. The Kier molecular flexibility index (Phi) is 3.78. The summed E-state index contributed by atoms with van der Waals surface area (Å²) < 4.78 is 10.8. The number of hydrogen-bond acceptors (Lipinski definition) is 8. The molecule has 0 bridgehead atoms. The molecule has 1 spiro atoms. The van der Waals surface area contributed by atoms with Crippen molar-refractivity contribution in [1.29, 1.82) is 0 Å². The van der Waals surface area contributed by atoms with Gasteiger partial charge in [-0.25, -0.2) is 0 Å². The smallest absolute Gasteiger partial charge is 0.305 e. The first-order valence-corrected chi connectivity index (χ1v) is 11.2. The van der Waals surface area contributed by atoms with E-state index in [-0.39, 0.29) is 18.9 Å². The summed E-state index contributed by atoms with van der Waals surface area (Å²) in [5.74, 6) is -5.72. The Morgan fingerprint density at radius 1 is 1.27 bits per heavy atom.